The summed E-state index contributed by atoms with van der Waals surface area (Å²) in [5.41, 5.74) is 1.18. The summed E-state index contributed by atoms with van der Waals surface area (Å²) in [6.45, 7) is 5.63. The van der Waals surface area contributed by atoms with Gasteiger partial charge < -0.3 is 14.3 Å². The Morgan fingerprint density at radius 2 is 2.12 bits per heavy atom. The van der Waals surface area contributed by atoms with E-state index in [2.05, 4.69) is 11.8 Å². The molecule has 0 spiro atoms. The van der Waals surface area contributed by atoms with Crippen LogP contribution in [0.25, 0.3) is 6.08 Å². The monoisotopic (exact) mass is 353 g/mol. The molecule has 2 aromatic rings. The van der Waals surface area contributed by atoms with Crippen LogP contribution in [0, 0.1) is 6.92 Å². The van der Waals surface area contributed by atoms with Crippen LogP contribution in [-0.4, -0.2) is 28.4 Å². The maximum atomic E-state index is 12.7. The van der Waals surface area contributed by atoms with Crippen molar-refractivity contribution >= 4 is 11.9 Å². The van der Waals surface area contributed by atoms with Crippen LogP contribution < -0.4 is 4.74 Å². The average Bonchev–Trinajstić information content (AvgIpc) is 3.16. The number of fused-ring (bicyclic) bond motifs is 1. The number of carbonyl (C=O) groups is 1. The summed E-state index contributed by atoms with van der Waals surface area (Å²) in [6, 6.07) is 7.31. The fourth-order valence-corrected chi connectivity index (χ4v) is 3.71. The Kier molecular flexibility index (Phi) is 4.32. The number of phenolic OH excluding ortho intramolecular Hbond substituents is 1. The molecule has 1 N–H and O–H groups in total. The molecule has 136 valence electrons. The van der Waals surface area contributed by atoms with Gasteiger partial charge in [-0.05, 0) is 57.5 Å². The predicted molar refractivity (Wildman–Crippen MR) is 98.2 cm³/mol. The van der Waals surface area contributed by atoms with Crippen LogP contribution >= 0.6 is 0 Å². The van der Waals surface area contributed by atoms with E-state index < -0.39 is 0 Å². The number of allylic oxidation sites excluding steroid dienone is 1. The summed E-state index contributed by atoms with van der Waals surface area (Å²) in [5.74, 6) is 2.05. The lowest BCUT2D eigenvalue weighted by atomic mass is 10.0. The minimum atomic E-state index is -0.179. The lowest BCUT2D eigenvalue weighted by Gasteiger charge is -2.33. The number of rotatable bonds is 3. The lowest BCUT2D eigenvalue weighted by Crippen LogP contribution is -2.36. The molecule has 2 aliphatic heterocycles. The summed E-state index contributed by atoms with van der Waals surface area (Å²) < 4.78 is 11.4. The normalized spacial score (nSPS) is 21.8. The SMILES string of the molecule is Cc1ccc(C=C2Oc3c(ccc(O)c3CN3CCCCC3C)C2=O)o1. The molecule has 0 aliphatic carbocycles. The van der Waals surface area contributed by atoms with Gasteiger partial charge in [-0.15, -0.1) is 0 Å². The maximum absolute atomic E-state index is 12.7. The summed E-state index contributed by atoms with van der Waals surface area (Å²) in [7, 11) is 0. The summed E-state index contributed by atoms with van der Waals surface area (Å²) in [4.78, 5) is 15.0. The molecule has 1 aromatic carbocycles. The van der Waals surface area contributed by atoms with Gasteiger partial charge in [0.15, 0.2) is 5.76 Å². The predicted octanol–water partition coefficient (Wildman–Crippen LogP) is 4.28. The Balaban J connectivity index is 1.66. The molecule has 1 unspecified atom stereocenters. The standard InChI is InChI=1S/C21H23NO4/c1-13-5-3-4-10-22(13)12-17-18(23)9-8-16-20(24)19(26-21(16)17)11-15-7-6-14(2)25-15/h6-9,11,13,23H,3-5,10,12H2,1-2H3. The Bertz CT molecular complexity index is 880. The first-order valence-corrected chi connectivity index (χ1v) is 9.12. The fraction of sp³-hybridized carbons (Fsp3) is 0.381. The van der Waals surface area contributed by atoms with Gasteiger partial charge in [0.2, 0.25) is 5.78 Å². The van der Waals surface area contributed by atoms with E-state index in [-0.39, 0.29) is 17.3 Å². The van der Waals surface area contributed by atoms with Crippen molar-refractivity contribution in [3.63, 3.8) is 0 Å². The number of likely N-dealkylation sites (tertiary alicyclic amines) is 1. The number of hydrogen-bond acceptors (Lipinski definition) is 5. The Morgan fingerprint density at radius 1 is 1.27 bits per heavy atom. The zero-order valence-corrected chi connectivity index (χ0v) is 15.1. The molecule has 3 heterocycles. The Labute approximate surface area is 152 Å². The molecule has 2 aliphatic rings. The quantitative estimate of drug-likeness (QED) is 0.834. The second-order valence-corrected chi connectivity index (χ2v) is 7.14. The van der Waals surface area contributed by atoms with E-state index >= 15 is 0 Å². The molecule has 5 nitrogen and oxygen atoms in total. The number of ether oxygens (including phenoxy) is 1. The van der Waals surface area contributed by atoms with E-state index in [0.29, 0.717) is 35.2 Å². The highest BCUT2D eigenvalue weighted by atomic mass is 16.5. The van der Waals surface area contributed by atoms with Crippen LogP contribution in [0.3, 0.4) is 0 Å². The number of Topliss-reactive ketones (excluding diaryl/α,β-unsaturated/α-hetero) is 1. The van der Waals surface area contributed by atoms with Crippen molar-refractivity contribution in [3.8, 4) is 11.5 Å². The van der Waals surface area contributed by atoms with E-state index in [9.17, 15) is 9.90 Å². The van der Waals surface area contributed by atoms with Gasteiger partial charge in [-0.1, -0.05) is 6.42 Å². The number of furan rings is 1. The van der Waals surface area contributed by atoms with Crippen molar-refractivity contribution in [3.05, 3.63) is 52.7 Å². The summed E-state index contributed by atoms with van der Waals surface area (Å²) in [6.07, 6.45) is 5.15. The molecule has 1 fully saturated rings. The van der Waals surface area contributed by atoms with E-state index in [1.165, 1.54) is 6.42 Å². The third kappa shape index (κ3) is 3.03. The highest BCUT2D eigenvalue weighted by Crippen LogP contribution is 2.40. The number of hydrogen-bond donors (Lipinski definition) is 1. The van der Waals surface area contributed by atoms with E-state index in [1.807, 2.05) is 13.0 Å². The van der Waals surface area contributed by atoms with Crippen molar-refractivity contribution in [2.75, 3.05) is 6.54 Å². The van der Waals surface area contributed by atoms with Crippen LogP contribution in [0.15, 0.2) is 34.4 Å². The molecule has 26 heavy (non-hydrogen) atoms. The molecule has 0 saturated carbocycles. The number of piperidine rings is 1. The molecule has 1 aromatic heterocycles. The average molecular weight is 353 g/mol. The van der Waals surface area contributed by atoms with Crippen molar-refractivity contribution in [2.24, 2.45) is 0 Å². The summed E-state index contributed by atoms with van der Waals surface area (Å²) in [5, 5.41) is 10.4. The number of ketones is 1. The Morgan fingerprint density at radius 3 is 2.85 bits per heavy atom. The van der Waals surface area contributed by atoms with Crippen LogP contribution in [0.2, 0.25) is 0 Å². The smallest absolute Gasteiger partial charge is 0.232 e. The highest BCUT2D eigenvalue weighted by Gasteiger charge is 2.32. The largest absolute Gasteiger partial charge is 0.507 e. The lowest BCUT2D eigenvalue weighted by molar-refractivity contribution is 0.101. The first-order chi connectivity index (χ1) is 12.5. The minimum absolute atomic E-state index is 0.171. The molecule has 4 rings (SSSR count). The fourth-order valence-electron chi connectivity index (χ4n) is 3.71. The van der Waals surface area contributed by atoms with Gasteiger partial charge in [0.1, 0.15) is 23.0 Å². The van der Waals surface area contributed by atoms with Gasteiger partial charge in [-0.25, -0.2) is 0 Å². The molecule has 0 amide bonds. The zero-order chi connectivity index (χ0) is 18.3. The minimum Gasteiger partial charge on any atom is -0.507 e. The van der Waals surface area contributed by atoms with Crippen LogP contribution in [0.5, 0.6) is 11.5 Å². The molecular weight excluding hydrogens is 330 g/mol. The second kappa shape index (κ2) is 6.65. The summed E-state index contributed by atoms with van der Waals surface area (Å²) >= 11 is 0. The van der Waals surface area contributed by atoms with Crippen molar-refractivity contribution in [2.45, 2.75) is 45.7 Å². The molecule has 5 heteroatoms. The molecular formula is C21H23NO4. The van der Waals surface area contributed by atoms with Crippen LogP contribution in [-0.2, 0) is 6.54 Å². The molecule has 0 bridgehead atoms. The molecule has 1 atom stereocenters. The van der Waals surface area contributed by atoms with Gasteiger partial charge in [-0.3, -0.25) is 9.69 Å². The number of nitrogens with zero attached hydrogens (tertiary/aromatic N) is 1. The maximum Gasteiger partial charge on any atom is 0.232 e. The zero-order valence-electron chi connectivity index (χ0n) is 15.1. The second-order valence-electron chi connectivity index (χ2n) is 7.14. The highest BCUT2D eigenvalue weighted by molar-refractivity contribution is 6.14. The third-order valence-corrected chi connectivity index (χ3v) is 5.25. The first kappa shape index (κ1) is 16.9. The number of benzene rings is 1. The number of phenols is 1. The van der Waals surface area contributed by atoms with E-state index in [1.54, 1.807) is 24.3 Å². The van der Waals surface area contributed by atoms with Gasteiger partial charge in [0.25, 0.3) is 0 Å². The molecule has 1 saturated heterocycles. The van der Waals surface area contributed by atoms with E-state index in [4.69, 9.17) is 9.15 Å². The third-order valence-electron chi connectivity index (χ3n) is 5.25. The van der Waals surface area contributed by atoms with Gasteiger partial charge in [0, 0.05) is 18.7 Å². The van der Waals surface area contributed by atoms with Gasteiger partial charge in [0.05, 0.1) is 11.1 Å². The van der Waals surface area contributed by atoms with Gasteiger partial charge in [-0.2, -0.15) is 0 Å². The number of aromatic hydroxyl groups is 1. The first-order valence-electron chi connectivity index (χ1n) is 9.12. The van der Waals surface area contributed by atoms with Crippen molar-refractivity contribution in [1.82, 2.24) is 4.90 Å². The van der Waals surface area contributed by atoms with Crippen LogP contribution in [0.1, 0.15) is 53.6 Å². The van der Waals surface area contributed by atoms with Crippen molar-refractivity contribution in [1.29, 1.82) is 0 Å². The Hall–Kier alpha value is -2.53. The van der Waals surface area contributed by atoms with E-state index in [0.717, 1.165) is 25.1 Å². The van der Waals surface area contributed by atoms with Gasteiger partial charge >= 0.3 is 0 Å². The number of carbonyl (C=O) groups excluding carboxylic acids is 1. The van der Waals surface area contributed by atoms with Crippen LogP contribution in [0.4, 0.5) is 0 Å². The topological polar surface area (TPSA) is 62.9 Å². The molecule has 0 radical (unpaired) electrons. The van der Waals surface area contributed by atoms with Crippen molar-refractivity contribution < 1.29 is 19.1 Å². The number of aryl methyl sites for hydroxylation is 1.